The summed E-state index contributed by atoms with van der Waals surface area (Å²) in [6.07, 6.45) is 2.95. The van der Waals surface area contributed by atoms with Gasteiger partial charge >= 0.3 is 0 Å². The van der Waals surface area contributed by atoms with Crippen LogP contribution in [0.5, 0.6) is 5.75 Å². The molecule has 248 valence electrons. The molecule has 4 atom stereocenters. The molecular formula is C34H57N5O5. The number of rotatable bonds is 10. The monoisotopic (exact) mass is 615 g/mol. The van der Waals surface area contributed by atoms with E-state index in [1.807, 2.05) is 84.3 Å². The third-order valence-electron chi connectivity index (χ3n) is 8.41. The number of ether oxygens (including phenoxy) is 1. The van der Waals surface area contributed by atoms with Gasteiger partial charge in [0.05, 0.1) is 24.4 Å². The number of hydrogen-bond donors (Lipinski definition) is 3. The van der Waals surface area contributed by atoms with Gasteiger partial charge in [-0.25, -0.2) is 0 Å². The zero-order valence-electron chi connectivity index (χ0n) is 28.4. The summed E-state index contributed by atoms with van der Waals surface area (Å²) in [4.78, 5) is 30.4. The van der Waals surface area contributed by atoms with E-state index in [1.54, 1.807) is 6.20 Å². The van der Waals surface area contributed by atoms with Gasteiger partial charge in [0.15, 0.2) is 0 Å². The lowest BCUT2D eigenvalue weighted by molar-refractivity contribution is -0.142. The van der Waals surface area contributed by atoms with Crippen LogP contribution in [0, 0.1) is 11.8 Å². The Hall–Kier alpha value is -2.95. The van der Waals surface area contributed by atoms with Crippen LogP contribution in [-0.2, 0) is 16.1 Å². The van der Waals surface area contributed by atoms with E-state index in [0.29, 0.717) is 11.3 Å². The molecule has 0 spiro atoms. The second kappa shape index (κ2) is 18.1. The minimum atomic E-state index is -0.797. The average molecular weight is 616 g/mol. The lowest BCUT2D eigenvalue weighted by atomic mass is 9.96. The number of nitrogens with zero attached hydrogens (tertiary/aromatic N) is 4. The molecule has 4 unspecified atom stereocenters. The number of β-amino-alcohol motifs (C(OH)–C–C–N with tert-alkyl or cyclic N) is 1. The van der Waals surface area contributed by atoms with E-state index in [4.69, 9.17) is 4.74 Å². The highest BCUT2D eigenvalue weighted by Gasteiger charge is 2.41. The van der Waals surface area contributed by atoms with Gasteiger partial charge in [0.2, 0.25) is 11.8 Å². The molecule has 3 heterocycles. The molecule has 1 aromatic carbocycles. The van der Waals surface area contributed by atoms with Crippen molar-refractivity contribution in [1.82, 2.24) is 24.9 Å². The number of aliphatic hydroxyl groups excluding tert-OH is 2. The molecule has 44 heavy (non-hydrogen) atoms. The molecule has 2 aromatic rings. The third-order valence-corrected chi connectivity index (χ3v) is 8.41. The SMILES string of the molecule is CC.CC.CCn1nccc1-c1ccc(C(CO)NC(=O)C2CC(O)CN2C(=O)C(C)C(C)C)c(OC2CCN(C)CC2)c1. The van der Waals surface area contributed by atoms with E-state index in [-0.39, 0.29) is 43.4 Å². The summed E-state index contributed by atoms with van der Waals surface area (Å²) in [6.45, 7) is 18.2. The van der Waals surface area contributed by atoms with Gasteiger partial charge in [0, 0.05) is 55.8 Å². The van der Waals surface area contributed by atoms with Crippen molar-refractivity contribution in [3.8, 4) is 17.0 Å². The molecular weight excluding hydrogens is 558 g/mol. The molecule has 2 saturated heterocycles. The molecule has 0 saturated carbocycles. The smallest absolute Gasteiger partial charge is 0.243 e. The van der Waals surface area contributed by atoms with E-state index in [1.165, 1.54) is 4.90 Å². The number of likely N-dealkylation sites (tertiary alicyclic amines) is 2. The van der Waals surface area contributed by atoms with Gasteiger partial charge in [-0.05, 0) is 44.9 Å². The summed E-state index contributed by atoms with van der Waals surface area (Å²) in [5, 5.41) is 28.1. The number of carbonyl (C=O) groups excluding carboxylic acids is 2. The summed E-state index contributed by atoms with van der Waals surface area (Å²) in [7, 11) is 2.10. The van der Waals surface area contributed by atoms with Crippen LogP contribution in [0.1, 0.15) is 86.3 Å². The maximum atomic E-state index is 13.5. The van der Waals surface area contributed by atoms with Crippen LogP contribution in [0.2, 0.25) is 0 Å². The second-order valence-electron chi connectivity index (χ2n) is 11.6. The van der Waals surface area contributed by atoms with Gasteiger partial charge in [-0.2, -0.15) is 5.10 Å². The zero-order chi connectivity index (χ0) is 33.0. The Morgan fingerprint density at radius 2 is 1.75 bits per heavy atom. The van der Waals surface area contributed by atoms with Crippen LogP contribution in [0.3, 0.4) is 0 Å². The largest absolute Gasteiger partial charge is 0.490 e. The van der Waals surface area contributed by atoms with Crippen LogP contribution >= 0.6 is 0 Å². The number of aryl methyl sites for hydroxylation is 1. The molecule has 1 aromatic heterocycles. The average Bonchev–Trinajstić information content (AvgIpc) is 3.69. The maximum Gasteiger partial charge on any atom is 0.243 e. The molecule has 0 aliphatic carbocycles. The fraction of sp³-hybridized carbons (Fsp3) is 0.676. The predicted molar refractivity (Wildman–Crippen MR) is 175 cm³/mol. The molecule has 0 radical (unpaired) electrons. The second-order valence-corrected chi connectivity index (χ2v) is 11.6. The van der Waals surface area contributed by atoms with E-state index >= 15 is 0 Å². The normalized spacial score (nSPS) is 20.2. The Kier molecular flexibility index (Phi) is 15.3. The number of piperidine rings is 1. The Bertz CT molecular complexity index is 1160. The minimum Gasteiger partial charge on any atom is -0.490 e. The molecule has 2 aliphatic rings. The topological polar surface area (TPSA) is 120 Å². The highest BCUT2D eigenvalue weighted by atomic mass is 16.5. The number of nitrogens with one attached hydrogen (secondary N) is 1. The summed E-state index contributed by atoms with van der Waals surface area (Å²) in [6, 6.07) is 6.23. The molecule has 2 fully saturated rings. The fourth-order valence-corrected chi connectivity index (χ4v) is 5.54. The molecule has 4 rings (SSSR count). The van der Waals surface area contributed by atoms with E-state index in [0.717, 1.165) is 43.7 Å². The van der Waals surface area contributed by atoms with Crippen molar-refractivity contribution in [2.45, 2.75) is 105 Å². The minimum absolute atomic E-state index is 0.0203. The first-order valence-electron chi connectivity index (χ1n) is 16.5. The number of amides is 2. The Labute approximate surface area is 264 Å². The van der Waals surface area contributed by atoms with Gasteiger partial charge in [-0.15, -0.1) is 0 Å². The van der Waals surface area contributed by atoms with Crippen LogP contribution in [0.15, 0.2) is 30.5 Å². The van der Waals surface area contributed by atoms with Gasteiger partial charge in [0.25, 0.3) is 0 Å². The Balaban J connectivity index is 0.00000162. The predicted octanol–water partition coefficient (Wildman–Crippen LogP) is 4.50. The molecule has 2 amide bonds. The first-order valence-corrected chi connectivity index (χ1v) is 16.5. The van der Waals surface area contributed by atoms with Crippen molar-refractivity contribution < 1.29 is 24.5 Å². The highest BCUT2D eigenvalue weighted by molar-refractivity contribution is 5.89. The maximum absolute atomic E-state index is 13.5. The van der Waals surface area contributed by atoms with Crippen LogP contribution in [0.25, 0.3) is 11.3 Å². The van der Waals surface area contributed by atoms with Gasteiger partial charge in [-0.1, -0.05) is 60.6 Å². The number of hydrogen-bond acceptors (Lipinski definition) is 7. The Morgan fingerprint density at radius 3 is 2.34 bits per heavy atom. The molecule has 0 bridgehead atoms. The van der Waals surface area contributed by atoms with Crippen molar-refractivity contribution >= 4 is 11.8 Å². The summed E-state index contributed by atoms with van der Waals surface area (Å²) in [5.74, 6) is -0.0781. The van der Waals surface area contributed by atoms with Crippen LogP contribution in [-0.4, -0.2) is 93.1 Å². The van der Waals surface area contributed by atoms with Gasteiger partial charge in [-0.3, -0.25) is 14.3 Å². The van der Waals surface area contributed by atoms with E-state index in [2.05, 4.69) is 22.4 Å². The van der Waals surface area contributed by atoms with Gasteiger partial charge < -0.3 is 30.1 Å². The van der Waals surface area contributed by atoms with Crippen LogP contribution in [0.4, 0.5) is 0 Å². The van der Waals surface area contributed by atoms with Gasteiger partial charge in [0.1, 0.15) is 17.9 Å². The van der Waals surface area contributed by atoms with Crippen molar-refractivity contribution in [3.05, 3.63) is 36.0 Å². The quantitative estimate of drug-likeness (QED) is 0.360. The lowest BCUT2D eigenvalue weighted by Gasteiger charge is -2.32. The number of carbonyl (C=O) groups is 2. The third kappa shape index (κ3) is 9.28. The summed E-state index contributed by atoms with van der Waals surface area (Å²) >= 11 is 0. The summed E-state index contributed by atoms with van der Waals surface area (Å²) < 4.78 is 8.46. The first kappa shape index (κ1) is 37.2. The lowest BCUT2D eigenvalue weighted by Crippen LogP contribution is -2.49. The first-order chi connectivity index (χ1) is 21.1. The van der Waals surface area contributed by atoms with Crippen LogP contribution < -0.4 is 10.1 Å². The van der Waals surface area contributed by atoms with E-state index in [9.17, 15) is 19.8 Å². The number of aliphatic hydroxyl groups is 2. The van der Waals surface area contributed by atoms with E-state index < -0.39 is 24.1 Å². The van der Waals surface area contributed by atoms with Crippen molar-refractivity contribution in [2.24, 2.45) is 11.8 Å². The highest BCUT2D eigenvalue weighted by Crippen LogP contribution is 2.34. The number of benzene rings is 1. The molecule has 3 N–H and O–H groups in total. The van der Waals surface area contributed by atoms with Crippen molar-refractivity contribution in [3.63, 3.8) is 0 Å². The fourth-order valence-electron chi connectivity index (χ4n) is 5.54. The standard InChI is InChI=1S/C30H45N5O5.2C2H6/c1-6-35-26(9-12-31-35)21-7-8-24(28(15-21)40-23-10-13-33(5)14-11-23)25(18-36)32-29(38)27-16-22(37)17-34(27)30(39)20(4)19(2)3;2*1-2/h7-9,12,15,19-20,22-23,25,27,36-37H,6,10-11,13-14,16-18H2,1-5H3,(H,32,38);2*1-2H3. The van der Waals surface area contributed by atoms with Crippen molar-refractivity contribution in [2.75, 3.05) is 33.3 Å². The van der Waals surface area contributed by atoms with Crippen molar-refractivity contribution in [1.29, 1.82) is 0 Å². The molecule has 2 aliphatic heterocycles. The Morgan fingerprint density at radius 1 is 1.09 bits per heavy atom. The zero-order valence-corrected chi connectivity index (χ0v) is 28.4. The molecule has 10 heteroatoms. The molecule has 10 nitrogen and oxygen atoms in total. The number of aromatic nitrogens is 2. The summed E-state index contributed by atoms with van der Waals surface area (Å²) in [5.41, 5.74) is 2.57.